The first-order chi connectivity index (χ1) is 6.24. The van der Waals surface area contributed by atoms with E-state index in [1.54, 1.807) is 0 Å². The molecule has 1 rings (SSSR count). The Labute approximate surface area is 76.3 Å². The van der Waals surface area contributed by atoms with E-state index in [9.17, 15) is 4.79 Å². The third-order valence-corrected chi connectivity index (χ3v) is 1.44. The van der Waals surface area contributed by atoms with E-state index in [4.69, 9.17) is 9.84 Å². The molecule has 0 saturated carbocycles. The van der Waals surface area contributed by atoms with E-state index in [1.807, 2.05) is 0 Å². The third kappa shape index (κ3) is 2.63. The lowest BCUT2D eigenvalue weighted by molar-refractivity contribution is 0.0550. The summed E-state index contributed by atoms with van der Waals surface area (Å²) in [5.41, 5.74) is 0.416. The van der Waals surface area contributed by atoms with Crippen LogP contribution in [0.4, 0.5) is 0 Å². The van der Waals surface area contributed by atoms with Gasteiger partial charge in [0.25, 0.3) is 0 Å². The molecule has 0 radical (unpaired) electrons. The highest BCUT2D eigenvalue weighted by Crippen LogP contribution is 2.10. The number of benzene rings is 1. The molecule has 0 aliphatic heterocycles. The van der Waals surface area contributed by atoms with Gasteiger partial charge in [-0.15, -0.1) is 0 Å². The maximum absolute atomic E-state index is 11.2. The van der Waals surface area contributed by atoms with Gasteiger partial charge in [0.2, 0.25) is 0 Å². The van der Waals surface area contributed by atoms with Crippen molar-refractivity contribution in [1.29, 1.82) is 0 Å². The number of hydrogen-bond donors (Lipinski definition) is 1. The van der Waals surface area contributed by atoms with Gasteiger partial charge in [0, 0.05) is 0 Å². The van der Waals surface area contributed by atoms with Gasteiger partial charge in [-0.25, -0.2) is 4.79 Å². The normalized spacial score (nSPS) is 9.23. The Kier molecular flexibility index (Phi) is 3.09. The van der Waals surface area contributed by atoms with Gasteiger partial charge in [-0.3, -0.25) is 0 Å². The van der Waals surface area contributed by atoms with Crippen molar-refractivity contribution >= 4 is 5.97 Å². The first-order valence-electron chi connectivity index (χ1n) is 3.81. The predicted octanol–water partition coefficient (Wildman–Crippen LogP) is 1.73. The van der Waals surface area contributed by atoms with Gasteiger partial charge in [-0.2, -0.15) is 0 Å². The minimum atomic E-state index is -0.417. The second kappa shape index (κ2) is 4.30. The molecule has 0 spiro atoms. The Balaban J connectivity index is 2.66. The standard InChI is InChI=1S/C10H10O3/c1-2-7-13-10(12)8-3-5-9(11)6-4-8/h2-6,11H,1,7H2. The first kappa shape index (κ1) is 9.32. The van der Waals surface area contributed by atoms with Crippen molar-refractivity contribution in [1.82, 2.24) is 0 Å². The van der Waals surface area contributed by atoms with Gasteiger partial charge in [0.05, 0.1) is 5.56 Å². The van der Waals surface area contributed by atoms with Crippen molar-refractivity contribution < 1.29 is 14.6 Å². The molecule has 0 aliphatic carbocycles. The highest BCUT2D eigenvalue weighted by atomic mass is 16.5. The lowest BCUT2D eigenvalue weighted by Gasteiger charge is -2.00. The van der Waals surface area contributed by atoms with Gasteiger partial charge in [-0.1, -0.05) is 12.7 Å². The number of rotatable bonds is 3. The second-order valence-corrected chi connectivity index (χ2v) is 2.43. The Bertz CT molecular complexity index is 300. The second-order valence-electron chi connectivity index (χ2n) is 2.43. The SMILES string of the molecule is C=CCOC(=O)c1ccc(O)cc1. The molecule has 68 valence electrons. The molecule has 1 aromatic carbocycles. The average Bonchev–Trinajstić information content (AvgIpc) is 2.15. The van der Waals surface area contributed by atoms with E-state index in [-0.39, 0.29) is 12.4 Å². The number of aromatic hydroxyl groups is 1. The lowest BCUT2D eigenvalue weighted by atomic mass is 10.2. The number of ether oxygens (including phenoxy) is 1. The third-order valence-electron chi connectivity index (χ3n) is 1.44. The van der Waals surface area contributed by atoms with Crippen LogP contribution in [0.5, 0.6) is 5.75 Å². The topological polar surface area (TPSA) is 46.5 Å². The molecule has 0 unspecified atom stereocenters. The number of esters is 1. The van der Waals surface area contributed by atoms with E-state index in [0.29, 0.717) is 5.56 Å². The molecule has 13 heavy (non-hydrogen) atoms. The lowest BCUT2D eigenvalue weighted by Crippen LogP contribution is -2.04. The molecule has 1 N–H and O–H groups in total. The van der Waals surface area contributed by atoms with Crippen molar-refractivity contribution in [3.8, 4) is 5.75 Å². The molecule has 0 saturated heterocycles. The smallest absolute Gasteiger partial charge is 0.338 e. The fourth-order valence-corrected chi connectivity index (χ4v) is 0.815. The molecular formula is C10H10O3. The summed E-state index contributed by atoms with van der Waals surface area (Å²) in [5, 5.41) is 8.95. The van der Waals surface area contributed by atoms with E-state index in [0.717, 1.165) is 0 Å². The fourth-order valence-electron chi connectivity index (χ4n) is 0.815. The Morgan fingerprint density at radius 2 is 2.08 bits per heavy atom. The molecule has 0 bridgehead atoms. The Hall–Kier alpha value is -1.77. The quantitative estimate of drug-likeness (QED) is 0.566. The van der Waals surface area contributed by atoms with Gasteiger partial charge in [0.15, 0.2) is 0 Å². The van der Waals surface area contributed by atoms with Gasteiger partial charge < -0.3 is 9.84 Å². The minimum Gasteiger partial charge on any atom is -0.508 e. The minimum absolute atomic E-state index is 0.125. The van der Waals surface area contributed by atoms with E-state index in [1.165, 1.54) is 30.3 Å². The number of phenolic OH excluding ortho intramolecular Hbond substituents is 1. The zero-order valence-electron chi connectivity index (χ0n) is 7.06. The van der Waals surface area contributed by atoms with Crippen LogP contribution in [0.2, 0.25) is 0 Å². The average molecular weight is 178 g/mol. The number of phenols is 1. The Morgan fingerprint density at radius 3 is 2.62 bits per heavy atom. The summed E-state index contributed by atoms with van der Waals surface area (Å²) >= 11 is 0. The zero-order valence-corrected chi connectivity index (χ0v) is 7.06. The fraction of sp³-hybridized carbons (Fsp3) is 0.100. The van der Waals surface area contributed by atoms with Gasteiger partial charge >= 0.3 is 5.97 Å². The van der Waals surface area contributed by atoms with Crippen LogP contribution >= 0.6 is 0 Å². The maximum Gasteiger partial charge on any atom is 0.338 e. The molecule has 0 heterocycles. The highest BCUT2D eigenvalue weighted by molar-refractivity contribution is 5.89. The summed E-state index contributed by atoms with van der Waals surface area (Å²) in [7, 11) is 0. The van der Waals surface area contributed by atoms with Gasteiger partial charge in [0.1, 0.15) is 12.4 Å². The van der Waals surface area contributed by atoms with Crippen LogP contribution in [-0.4, -0.2) is 17.7 Å². The monoisotopic (exact) mass is 178 g/mol. The molecule has 1 aromatic rings. The zero-order chi connectivity index (χ0) is 9.68. The summed E-state index contributed by atoms with van der Waals surface area (Å²) in [6, 6.07) is 5.87. The molecule has 3 nitrogen and oxygen atoms in total. The summed E-state index contributed by atoms with van der Waals surface area (Å²) in [6.07, 6.45) is 1.50. The van der Waals surface area contributed by atoms with Crippen LogP contribution in [0.3, 0.4) is 0 Å². The Morgan fingerprint density at radius 1 is 1.46 bits per heavy atom. The summed E-state index contributed by atoms with van der Waals surface area (Å²) < 4.78 is 4.78. The maximum atomic E-state index is 11.2. The number of carbonyl (C=O) groups is 1. The van der Waals surface area contributed by atoms with Crippen molar-refractivity contribution in [2.45, 2.75) is 0 Å². The van der Waals surface area contributed by atoms with E-state index in [2.05, 4.69) is 6.58 Å². The predicted molar refractivity (Wildman–Crippen MR) is 48.6 cm³/mol. The molecule has 0 atom stereocenters. The number of hydrogen-bond acceptors (Lipinski definition) is 3. The van der Waals surface area contributed by atoms with Crippen LogP contribution in [0.25, 0.3) is 0 Å². The largest absolute Gasteiger partial charge is 0.508 e. The van der Waals surface area contributed by atoms with Crippen molar-refractivity contribution in [2.75, 3.05) is 6.61 Å². The van der Waals surface area contributed by atoms with E-state index >= 15 is 0 Å². The van der Waals surface area contributed by atoms with Crippen LogP contribution in [0.1, 0.15) is 10.4 Å². The van der Waals surface area contributed by atoms with Crippen molar-refractivity contribution in [3.05, 3.63) is 42.5 Å². The molecule has 0 aliphatic rings. The van der Waals surface area contributed by atoms with Crippen molar-refractivity contribution in [3.63, 3.8) is 0 Å². The van der Waals surface area contributed by atoms with Crippen LogP contribution in [-0.2, 0) is 4.74 Å². The van der Waals surface area contributed by atoms with Crippen molar-refractivity contribution in [2.24, 2.45) is 0 Å². The molecule has 0 fully saturated rings. The summed E-state index contributed by atoms with van der Waals surface area (Å²) in [6.45, 7) is 3.62. The first-order valence-corrected chi connectivity index (χ1v) is 3.81. The molecular weight excluding hydrogens is 168 g/mol. The van der Waals surface area contributed by atoms with Crippen LogP contribution < -0.4 is 0 Å². The summed E-state index contributed by atoms with van der Waals surface area (Å²) in [5.74, 6) is -0.292. The number of carbonyl (C=O) groups excluding carboxylic acids is 1. The molecule has 0 amide bonds. The van der Waals surface area contributed by atoms with Crippen LogP contribution in [0, 0.1) is 0 Å². The van der Waals surface area contributed by atoms with Gasteiger partial charge in [-0.05, 0) is 24.3 Å². The summed E-state index contributed by atoms with van der Waals surface area (Å²) in [4.78, 5) is 11.2. The van der Waals surface area contributed by atoms with Crippen LogP contribution in [0.15, 0.2) is 36.9 Å². The molecule has 3 heteroatoms. The highest BCUT2D eigenvalue weighted by Gasteiger charge is 2.04. The molecule has 0 aromatic heterocycles. The van der Waals surface area contributed by atoms with E-state index < -0.39 is 5.97 Å².